The molecule has 2 rings (SSSR count). The van der Waals surface area contributed by atoms with E-state index in [2.05, 4.69) is 5.32 Å². The number of hydrogen-bond acceptors (Lipinski definition) is 4. The number of aliphatic hydroxyl groups excluding tert-OH is 1. The summed E-state index contributed by atoms with van der Waals surface area (Å²) in [5.74, 6) is 2.44. The van der Waals surface area contributed by atoms with Gasteiger partial charge in [0.2, 0.25) is 0 Å². The molecular weight excluding hydrogens is 234 g/mol. The molecule has 0 amide bonds. The van der Waals surface area contributed by atoms with E-state index >= 15 is 0 Å². The van der Waals surface area contributed by atoms with Crippen LogP contribution in [-0.2, 0) is 4.74 Å². The first-order valence-electron chi connectivity index (χ1n) is 6.83. The third kappa shape index (κ3) is 4.12. The van der Waals surface area contributed by atoms with Crippen LogP contribution in [0.4, 0.5) is 0 Å². The number of nitrogens with one attached hydrogen (secondary N) is 1. The summed E-state index contributed by atoms with van der Waals surface area (Å²) in [6.45, 7) is 3.80. The van der Waals surface area contributed by atoms with Gasteiger partial charge in [0.15, 0.2) is 0 Å². The van der Waals surface area contributed by atoms with Gasteiger partial charge < -0.3 is 15.2 Å². The molecule has 17 heavy (non-hydrogen) atoms. The summed E-state index contributed by atoms with van der Waals surface area (Å²) >= 11 is 2.03. The van der Waals surface area contributed by atoms with Crippen molar-refractivity contribution in [1.29, 1.82) is 0 Å². The molecule has 3 atom stereocenters. The summed E-state index contributed by atoms with van der Waals surface area (Å²) < 4.78 is 6.00. The quantitative estimate of drug-likeness (QED) is 0.739. The van der Waals surface area contributed by atoms with Gasteiger partial charge in [0.05, 0.1) is 11.7 Å². The zero-order valence-electron chi connectivity index (χ0n) is 10.8. The molecule has 0 aromatic carbocycles. The van der Waals surface area contributed by atoms with E-state index in [1.807, 2.05) is 18.7 Å². The van der Waals surface area contributed by atoms with Crippen molar-refractivity contribution in [1.82, 2.24) is 5.32 Å². The van der Waals surface area contributed by atoms with Crippen molar-refractivity contribution in [3.05, 3.63) is 0 Å². The minimum atomic E-state index is -0.163. The summed E-state index contributed by atoms with van der Waals surface area (Å²) in [7, 11) is 0. The smallest absolute Gasteiger partial charge is 0.0795 e. The Morgan fingerprint density at radius 1 is 1.59 bits per heavy atom. The van der Waals surface area contributed by atoms with Gasteiger partial charge >= 0.3 is 0 Å². The Hall–Kier alpha value is 0.230. The van der Waals surface area contributed by atoms with Gasteiger partial charge in [0.1, 0.15) is 0 Å². The van der Waals surface area contributed by atoms with Crippen LogP contribution in [0.2, 0.25) is 0 Å². The van der Waals surface area contributed by atoms with Gasteiger partial charge in [-0.2, -0.15) is 11.8 Å². The highest BCUT2D eigenvalue weighted by Gasteiger charge is 2.40. The van der Waals surface area contributed by atoms with Crippen molar-refractivity contribution in [3.63, 3.8) is 0 Å². The Morgan fingerprint density at radius 3 is 3.18 bits per heavy atom. The van der Waals surface area contributed by atoms with Crippen molar-refractivity contribution < 1.29 is 9.84 Å². The number of ether oxygens (including phenoxy) is 1. The molecule has 2 aliphatic heterocycles. The van der Waals surface area contributed by atoms with Crippen molar-refractivity contribution >= 4 is 11.8 Å². The maximum absolute atomic E-state index is 9.21. The Bertz CT molecular complexity index is 229. The number of rotatable bonds is 5. The molecule has 2 aliphatic rings. The van der Waals surface area contributed by atoms with E-state index in [4.69, 9.17) is 4.74 Å². The predicted octanol–water partition coefficient (Wildman–Crippen LogP) is 1.79. The van der Waals surface area contributed by atoms with Crippen molar-refractivity contribution in [3.8, 4) is 0 Å². The SMILES string of the molecule is CC(O)CCCNC1CCOC2(CCSC2)C1. The molecular formula is C13H25NO2S. The molecule has 0 aliphatic carbocycles. The average molecular weight is 259 g/mol. The van der Waals surface area contributed by atoms with Crippen molar-refractivity contribution in [2.45, 2.75) is 56.8 Å². The maximum Gasteiger partial charge on any atom is 0.0795 e. The largest absolute Gasteiger partial charge is 0.393 e. The zero-order valence-corrected chi connectivity index (χ0v) is 11.6. The fourth-order valence-corrected chi connectivity index (χ4v) is 4.15. The molecule has 2 saturated heterocycles. The highest BCUT2D eigenvalue weighted by atomic mass is 32.2. The summed E-state index contributed by atoms with van der Waals surface area (Å²) in [5, 5.41) is 12.8. The Morgan fingerprint density at radius 2 is 2.47 bits per heavy atom. The van der Waals surface area contributed by atoms with Crippen LogP contribution in [0.5, 0.6) is 0 Å². The fraction of sp³-hybridized carbons (Fsp3) is 1.00. The lowest BCUT2D eigenvalue weighted by molar-refractivity contribution is -0.0701. The van der Waals surface area contributed by atoms with Gasteiger partial charge in [-0.15, -0.1) is 0 Å². The molecule has 1 spiro atoms. The number of thioether (sulfide) groups is 1. The van der Waals surface area contributed by atoms with Gasteiger partial charge in [-0.05, 0) is 51.3 Å². The summed E-state index contributed by atoms with van der Waals surface area (Å²) in [6, 6.07) is 0.622. The van der Waals surface area contributed by atoms with Crippen LogP contribution in [0.15, 0.2) is 0 Å². The minimum absolute atomic E-state index is 0.163. The number of hydrogen-bond donors (Lipinski definition) is 2. The molecule has 3 unspecified atom stereocenters. The predicted molar refractivity (Wildman–Crippen MR) is 72.6 cm³/mol. The van der Waals surface area contributed by atoms with E-state index in [1.54, 1.807) is 0 Å². The molecule has 0 saturated carbocycles. The molecule has 2 N–H and O–H groups in total. The van der Waals surface area contributed by atoms with Gasteiger partial charge in [-0.1, -0.05) is 0 Å². The third-order valence-electron chi connectivity index (χ3n) is 3.79. The van der Waals surface area contributed by atoms with E-state index in [0.717, 1.165) is 32.4 Å². The van der Waals surface area contributed by atoms with Gasteiger partial charge in [-0.25, -0.2) is 0 Å². The van der Waals surface area contributed by atoms with Crippen molar-refractivity contribution in [2.75, 3.05) is 24.7 Å². The molecule has 0 bridgehead atoms. The number of aliphatic hydroxyl groups is 1. The average Bonchev–Trinajstić information content (AvgIpc) is 2.73. The molecule has 4 heteroatoms. The first-order valence-corrected chi connectivity index (χ1v) is 7.99. The molecule has 2 fully saturated rings. The molecule has 0 aromatic rings. The lowest BCUT2D eigenvalue weighted by atomic mass is 9.90. The first kappa shape index (κ1) is 13.7. The molecule has 2 heterocycles. The second kappa shape index (κ2) is 6.41. The molecule has 0 radical (unpaired) electrons. The Kier molecular flexibility index (Phi) is 5.15. The molecule has 0 aromatic heterocycles. The van der Waals surface area contributed by atoms with Crippen LogP contribution >= 0.6 is 11.8 Å². The second-order valence-electron chi connectivity index (χ2n) is 5.47. The van der Waals surface area contributed by atoms with E-state index in [0.29, 0.717) is 6.04 Å². The highest BCUT2D eigenvalue weighted by Crippen LogP contribution is 2.38. The van der Waals surface area contributed by atoms with Crippen molar-refractivity contribution in [2.24, 2.45) is 0 Å². The third-order valence-corrected chi connectivity index (χ3v) is 5.01. The second-order valence-corrected chi connectivity index (χ2v) is 6.57. The van der Waals surface area contributed by atoms with Crippen LogP contribution in [0.3, 0.4) is 0 Å². The topological polar surface area (TPSA) is 41.5 Å². The summed E-state index contributed by atoms with van der Waals surface area (Å²) in [4.78, 5) is 0. The zero-order chi connectivity index (χ0) is 12.1. The van der Waals surface area contributed by atoms with Crippen LogP contribution in [0.25, 0.3) is 0 Å². The highest BCUT2D eigenvalue weighted by molar-refractivity contribution is 7.99. The van der Waals surface area contributed by atoms with E-state index in [9.17, 15) is 5.11 Å². The standard InChI is InChI=1S/C13H25NO2S/c1-11(15)3-2-6-14-12-4-7-16-13(9-12)5-8-17-10-13/h11-12,14-15H,2-10H2,1H3. The Labute approximate surface area is 109 Å². The first-order chi connectivity index (χ1) is 8.20. The maximum atomic E-state index is 9.21. The summed E-state index contributed by atoms with van der Waals surface area (Å²) in [6.07, 6.45) is 5.34. The van der Waals surface area contributed by atoms with Gasteiger partial charge in [0.25, 0.3) is 0 Å². The van der Waals surface area contributed by atoms with E-state index in [-0.39, 0.29) is 11.7 Å². The normalized spacial score (nSPS) is 35.3. The Balaban J connectivity index is 1.67. The van der Waals surface area contributed by atoms with Crippen LogP contribution < -0.4 is 5.32 Å². The van der Waals surface area contributed by atoms with E-state index < -0.39 is 0 Å². The monoisotopic (exact) mass is 259 g/mol. The molecule has 100 valence electrons. The molecule has 3 nitrogen and oxygen atoms in total. The lowest BCUT2D eigenvalue weighted by Gasteiger charge is -2.38. The van der Waals surface area contributed by atoms with E-state index in [1.165, 1.54) is 24.3 Å². The van der Waals surface area contributed by atoms with Gasteiger partial charge in [0, 0.05) is 18.4 Å². The van der Waals surface area contributed by atoms with Gasteiger partial charge in [-0.3, -0.25) is 0 Å². The lowest BCUT2D eigenvalue weighted by Crippen LogP contribution is -2.47. The van der Waals surface area contributed by atoms with Crippen LogP contribution in [-0.4, -0.2) is 47.5 Å². The van der Waals surface area contributed by atoms with Crippen LogP contribution in [0.1, 0.15) is 39.0 Å². The van der Waals surface area contributed by atoms with Crippen LogP contribution in [0, 0.1) is 0 Å². The fourth-order valence-electron chi connectivity index (χ4n) is 2.77. The summed E-state index contributed by atoms with van der Waals surface area (Å²) in [5.41, 5.74) is 0.185. The minimum Gasteiger partial charge on any atom is -0.393 e.